The van der Waals surface area contributed by atoms with E-state index in [1.54, 1.807) is 0 Å². The van der Waals surface area contributed by atoms with E-state index >= 15 is 0 Å². The molecule has 3 N–H and O–H groups in total. The average molecular weight is 225 g/mol. The van der Waals surface area contributed by atoms with Crippen molar-refractivity contribution in [1.82, 2.24) is 0 Å². The Bertz CT molecular complexity index is 274. The second-order valence-corrected chi connectivity index (χ2v) is 5.38. The monoisotopic (exact) mass is 225 g/mol. The van der Waals surface area contributed by atoms with Crippen LogP contribution in [-0.2, 0) is 10.1 Å². The van der Waals surface area contributed by atoms with Gasteiger partial charge in [0.1, 0.15) is 11.9 Å². The second kappa shape index (κ2) is 4.55. The minimum atomic E-state index is -4.25. The summed E-state index contributed by atoms with van der Waals surface area (Å²) in [7, 11) is -4.25. The van der Waals surface area contributed by atoms with Crippen LogP contribution in [-0.4, -0.2) is 30.9 Å². The first-order valence-corrected chi connectivity index (χ1v) is 6.36. The summed E-state index contributed by atoms with van der Waals surface area (Å²) in [5, 5.41) is 0. The zero-order valence-electron chi connectivity index (χ0n) is 7.89. The van der Waals surface area contributed by atoms with Crippen molar-refractivity contribution in [1.29, 1.82) is 0 Å². The highest BCUT2D eigenvalue weighted by atomic mass is 32.2. The number of hydrogen-bond donors (Lipinski definition) is 2. The van der Waals surface area contributed by atoms with E-state index in [0.29, 0.717) is 0 Å². The quantitative estimate of drug-likeness (QED) is 0.691. The van der Waals surface area contributed by atoms with Gasteiger partial charge in [0.15, 0.2) is 0 Å². The predicted molar refractivity (Wildman–Crippen MR) is 51.2 cm³/mol. The van der Waals surface area contributed by atoms with E-state index in [2.05, 4.69) is 0 Å². The maximum Gasteiger partial charge on any atom is 0.267 e. The van der Waals surface area contributed by atoms with Gasteiger partial charge in [-0.3, -0.25) is 4.55 Å². The molecule has 1 fully saturated rings. The molecule has 0 spiro atoms. The van der Waals surface area contributed by atoms with Gasteiger partial charge < -0.3 is 5.73 Å². The number of rotatable bonds is 4. The Morgan fingerprint density at radius 1 is 1.43 bits per heavy atom. The summed E-state index contributed by atoms with van der Waals surface area (Å²) in [4.78, 5) is 0. The van der Waals surface area contributed by atoms with E-state index in [0.717, 1.165) is 25.7 Å². The summed E-state index contributed by atoms with van der Waals surface area (Å²) in [6, 6.07) is -0.764. The zero-order valence-corrected chi connectivity index (χ0v) is 8.71. The molecule has 4 nitrogen and oxygen atoms in total. The average Bonchev–Trinajstić information content (AvgIpc) is 2.51. The van der Waals surface area contributed by atoms with Crippen LogP contribution in [0, 0.1) is 5.92 Å². The lowest BCUT2D eigenvalue weighted by molar-refractivity contribution is 0.245. The summed E-state index contributed by atoms with van der Waals surface area (Å²) >= 11 is 0. The molecule has 0 saturated heterocycles. The minimum absolute atomic E-state index is 0.0618. The Kier molecular flexibility index (Phi) is 3.86. The molecule has 0 bridgehead atoms. The highest BCUT2D eigenvalue weighted by Gasteiger charge is 2.31. The molecule has 1 aliphatic rings. The molecule has 1 unspecified atom stereocenters. The Morgan fingerprint density at radius 2 is 1.93 bits per heavy atom. The molecule has 0 aliphatic heterocycles. The van der Waals surface area contributed by atoms with Crippen LogP contribution in [0.2, 0.25) is 0 Å². The maximum absolute atomic E-state index is 13.3. The molecule has 2 atom stereocenters. The summed E-state index contributed by atoms with van der Waals surface area (Å²) in [6.45, 7) is 0. The zero-order chi connectivity index (χ0) is 10.8. The van der Waals surface area contributed by atoms with Gasteiger partial charge in [0, 0.05) is 6.04 Å². The van der Waals surface area contributed by atoms with Gasteiger partial charge in [-0.15, -0.1) is 0 Å². The van der Waals surface area contributed by atoms with E-state index in [9.17, 15) is 12.8 Å². The molecule has 14 heavy (non-hydrogen) atoms. The molecular formula is C8H16FNO3S. The lowest BCUT2D eigenvalue weighted by Gasteiger charge is -2.21. The number of halogens is 1. The van der Waals surface area contributed by atoms with E-state index in [-0.39, 0.29) is 5.92 Å². The standard InChI is InChI=1S/C8H16FNO3S/c9-7(5-14(11,12)13)8(10)6-3-1-2-4-6/h6-8H,1-5,10H2,(H,11,12,13)/t7?,8-/m0/s1. The topological polar surface area (TPSA) is 80.4 Å². The lowest BCUT2D eigenvalue weighted by Crippen LogP contribution is -2.41. The van der Waals surface area contributed by atoms with Gasteiger partial charge in [0.2, 0.25) is 0 Å². The van der Waals surface area contributed by atoms with Crippen LogP contribution in [0.1, 0.15) is 25.7 Å². The molecule has 0 heterocycles. The van der Waals surface area contributed by atoms with Crippen molar-refractivity contribution in [3.05, 3.63) is 0 Å². The van der Waals surface area contributed by atoms with Crippen LogP contribution in [0.25, 0.3) is 0 Å². The Balaban J connectivity index is 2.47. The van der Waals surface area contributed by atoms with E-state index in [4.69, 9.17) is 10.3 Å². The molecule has 0 amide bonds. The molecule has 1 rings (SSSR count). The molecule has 1 aliphatic carbocycles. The normalized spacial score (nSPS) is 23.6. The lowest BCUT2D eigenvalue weighted by atomic mass is 9.96. The third-order valence-corrected chi connectivity index (χ3v) is 3.47. The fourth-order valence-corrected chi connectivity index (χ4v) is 2.57. The summed E-state index contributed by atoms with van der Waals surface area (Å²) in [5.74, 6) is -0.822. The van der Waals surface area contributed by atoms with Gasteiger partial charge in [-0.25, -0.2) is 4.39 Å². The van der Waals surface area contributed by atoms with Crippen molar-refractivity contribution >= 4 is 10.1 Å². The van der Waals surface area contributed by atoms with Gasteiger partial charge in [-0.2, -0.15) is 8.42 Å². The molecule has 0 aromatic rings. The van der Waals surface area contributed by atoms with Gasteiger partial charge in [-0.1, -0.05) is 12.8 Å². The molecule has 84 valence electrons. The van der Waals surface area contributed by atoms with Gasteiger partial charge >= 0.3 is 0 Å². The Morgan fingerprint density at radius 3 is 2.36 bits per heavy atom. The van der Waals surface area contributed by atoms with Crippen molar-refractivity contribution in [2.75, 3.05) is 5.75 Å². The van der Waals surface area contributed by atoms with E-state index in [1.165, 1.54) is 0 Å². The van der Waals surface area contributed by atoms with Crippen molar-refractivity contribution in [2.45, 2.75) is 37.9 Å². The largest absolute Gasteiger partial charge is 0.325 e. The van der Waals surface area contributed by atoms with E-state index in [1.807, 2.05) is 0 Å². The fourth-order valence-electron chi connectivity index (χ4n) is 1.95. The first kappa shape index (κ1) is 11.9. The third-order valence-electron chi connectivity index (χ3n) is 2.73. The summed E-state index contributed by atoms with van der Waals surface area (Å²) < 4.78 is 42.6. The first-order chi connectivity index (χ1) is 6.40. The highest BCUT2D eigenvalue weighted by molar-refractivity contribution is 7.85. The van der Waals surface area contributed by atoms with Crippen LogP contribution in [0.3, 0.4) is 0 Å². The van der Waals surface area contributed by atoms with Crippen LogP contribution in [0.15, 0.2) is 0 Å². The molecule has 0 radical (unpaired) electrons. The van der Waals surface area contributed by atoms with Crippen LogP contribution < -0.4 is 5.73 Å². The van der Waals surface area contributed by atoms with Crippen LogP contribution >= 0.6 is 0 Å². The Hall–Kier alpha value is -0.200. The Labute approximate surface area is 83.4 Å². The fraction of sp³-hybridized carbons (Fsp3) is 1.00. The van der Waals surface area contributed by atoms with Gasteiger partial charge in [-0.05, 0) is 18.8 Å². The minimum Gasteiger partial charge on any atom is -0.325 e. The third kappa shape index (κ3) is 3.51. The number of alkyl halides is 1. The van der Waals surface area contributed by atoms with Crippen LogP contribution in [0.4, 0.5) is 4.39 Å². The first-order valence-electron chi connectivity index (χ1n) is 4.75. The smallest absolute Gasteiger partial charge is 0.267 e. The number of hydrogen-bond acceptors (Lipinski definition) is 3. The van der Waals surface area contributed by atoms with E-state index < -0.39 is 28.1 Å². The second-order valence-electron chi connectivity index (χ2n) is 3.89. The van der Waals surface area contributed by atoms with Crippen molar-refractivity contribution in [2.24, 2.45) is 11.7 Å². The van der Waals surface area contributed by atoms with Crippen molar-refractivity contribution < 1.29 is 17.4 Å². The van der Waals surface area contributed by atoms with Gasteiger partial charge in [0.25, 0.3) is 10.1 Å². The SMILES string of the molecule is N[C@H](C(F)CS(=O)(=O)O)C1CCCC1. The highest BCUT2D eigenvalue weighted by Crippen LogP contribution is 2.28. The maximum atomic E-state index is 13.3. The molecule has 6 heteroatoms. The number of nitrogens with two attached hydrogens (primary N) is 1. The molecule has 1 saturated carbocycles. The molecular weight excluding hydrogens is 209 g/mol. The summed E-state index contributed by atoms with van der Waals surface area (Å²) in [6.07, 6.45) is 2.10. The van der Waals surface area contributed by atoms with Crippen molar-refractivity contribution in [3.8, 4) is 0 Å². The van der Waals surface area contributed by atoms with Crippen molar-refractivity contribution in [3.63, 3.8) is 0 Å². The molecule has 0 aromatic carbocycles. The predicted octanol–water partition coefficient (Wildman–Crippen LogP) is 0.730. The summed E-state index contributed by atoms with van der Waals surface area (Å²) in [5.41, 5.74) is 5.58. The van der Waals surface area contributed by atoms with Gasteiger partial charge in [0.05, 0.1) is 0 Å². The molecule has 0 aromatic heterocycles. The van der Waals surface area contributed by atoms with Crippen LogP contribution in [0.5, 0.6) is 0 Å².